The second kappa shape index (κ2) is 10.8. The molecule has 4 rings (SSSR count). The summed E-state index contributed by atoms with van der Waals surface area (Å²) < 4.78 is 21.4. The number of ether oxygens (including phenoxy) is 1. The summed E-state index contributed by atoms with van der Waals surface area (Å²) in [6.07, 6.45) is -4.99. The summed E-state index contributed by atoms with van der Waals surface area (Å²) in [6.45, 7) is 12.9. The minimum absolute atomic E-state index is 0.0490. The normalized spacial score (nSPS) is 29.5. The zero-order valence-electron chi connectivity index (χ0n) is 23.4. The fourth-order valence-electron chi connectivity index (χ4n) is 5.67. The highest BCUT2D eigenvalue weighted by Gasteiger charge is 2.52. The van der Waals surface area contributed by atoms with Gasteiger partial charge in [0.25, 0.3) is 0 Å². The first-order valence-electron chi connectivity index (χ1n) is 13.6. The highest BCUT2D eigenvalue weighted by atomic mass is 31.2. The molecule has 2 aliphatic rings. The number of aliphatic hydroxyl groups excluding tert-OH is 4. The lowest BCUT2D eigenvalue weighted by Gasteiger charge is -2.46. The first kappa shape index (κ1) is 29.4. The van der Waals surface area contributed by atoms with Gasteiger partial charge in [-0.15, -0.1) is 0 Å². The van der Waals surface area contributed by atoms with Gasteiger partial charge in [0, 0.05) is 17.2 Å². The molecule has 2 aromatic rings. The van der Waals surface area contributed by atoms with E-state index in [-0.39, 0.29) is 10.8 Å². The predicted molar refractivity (Wildman–Crippen MR) is 151 cm³/mol. The van der Waals surface area contributed by atoms with Crippen LogP contribution in [0.25, 0.3) is 0 Å². The maximum Gasteiger partial charge on any atom is 0.159 e. The van der Waals surface area contributed by atoms with E-state index in [4.69, 9.17) is 4.74 Å². The Morgan fingerprint density at radius 2 is 1.29 bits per heavy atom. The van der Waals surface area contributed by atoms with Crippen molar-refractivity contribution in [2.75, 3.05) is 13.2 Å². The number of aliphatic hydroxyl groups is 4. The molecule has 0 spiro atoms. The Labute approximate surface area is 226 Å². The molecular formula is C30H44NO6P. The standard InChI is InChI=1S/C30H44NO6P/c1-29(2,3)19-9-13-21(14-10-19)38(36,22-15-11-20(12-16-22)30(4,5)6)24-8-7-17-31(24)28-27(35)26(34)25(33)23(18-32)37-28/h9-16,23-28,32-35H,7-8,17-18H2,1-6H3/t23-,24-,25-,26+,27-,28-/m1/s1. The van der Waals surface area contributed by atoms with Crippen LogP contribution in [0.4, 0.5) is 0 Å². The van der Waals surface area contributed by atoms with E-state index in [2.05, 4.69) is 41.5 Å². The topological polar surface area (TPSA) is 110 Å². The van der Waals surface area contributed by atoms with E-state index in [1.54, 1.807) is 0 Å². The molecule has 2 fully saturated rings. The molecular weight excluding hydrogens is 501 g/mol. The Balaban J connectivity index is 1.81. The zero-order valence-corrected chi connectivity index (χ0v) is 24.3. The Bertz CT molecular complexity index is 1070. The van der Waals surface area contributed by atoms with Crippen LogP contribution in [0.3, 0.4) is 0 Å². The molecule has 2 heterocycles. The van der Waals surface area contributed by atoms with E-state index in [1.807, 2.05) is 53.4 Å². The maximum absolute atomic E-state index is 15.5. The monoisotopic (exact) mass is 545 g/mol. The first-order chi connectivity index (χ1) is 17.7. The summed E-state index contributed by atoms with van der Waals surface area (Å²) in [5, 5.41) is 42.9. The van der Waals surface area contributed by atoms with Gasteiger partial charge in [0.15, 0.2) is 7.14 Å². The van der Waals surface area contributed by atoms with Crippen molar-refractivity contribution in [3.8, 4) is 0 Å². The molecule has 0 bridgehead atoms. The van der Waals surface area contributed by atoms with Crippen molar-refractivity contribution in [2.45, 2.75) is 102 Å². The van der Waals surface area contributed by atoms with Gasteiger partial charge in [-0.2, -0.15) is 0 Å². The smallest absolute Gasteiger partial charge is 0.159 e. The Morgan fingerprint density at radius 1 is 0.816 bits per heavy atom. The summed E-state index contributed by atoms with van der Waals surface area (Å²) >= 11 is 0. The molecule has 38 heavy (non-hydrogen) atoms. The number of rotatable bonds is 5. The van der Waals surface area contributed by atoms with Gasteiger partial charge >= 0.3 is 0 Å². The van der Waals surface area contributed by atoms with Crippen molar-refractivity contribution in [1.29, 1.82) is 0 Å². The average molecular weight is 546 g/mol. The third-order valence-electron chi connectivity index (χ3n) is 8.11. The van der Waals surface area contributed by atoms with Crippen molar-refractivity contribution in [3.63, 3.8) is 0 Å². The molecule has 2 aromatic carbocycles. The minimum atomic E-state index is -3.30. The number of benzene rings is 2. The van der Waals surface area contributed by atoms with Crippen LogP contribution in [0, 0.1) is 0 Å². The lowest BCUT2D eigenvalue weighted by Crippen LogP contribution is -2.64. The molecule has 0 amide bonds. The average Bonchev–Trinajstić information content (AvgIpc) is 3.36. The molecule has 0 aliphatic carbocycles. The molecule has 6 atom stereocenters. The fourth-order valence-corrected chi connectivity index (χ4v) is 9.06. The highest BCUT2D eigenvalue weighted by molar-refractivity contribution is 7.79. The molecule has 2 saturated heterocycles. The van der Waals surface area contributed by atoms with Gasteiger partial charge in [0.05, 0.1) is 12.4 Å². The van der Waals surface area contributed by atoms with E-state index >= 15 is 4.57 Å². The first-order valence-corrected chi connectivity index (χ1v) is 15.4. The van der Waals surface area contributed by atoms with Crippen LogP contribution in [-0.4, -0.2) is 74.9 Å². The number of likely N-dealkylation sites (tertiary alicyclic amines) is 1. The molecule has 2 aliphatic heterocycles. The van der Waals surface area contributed by atoms with E-state index in [1.165, 1.54) is 0 Å². The van der Waals surface area contributed by atoms with Crippen molar-refractivity contribution in [1.82, 2.24) is 4.90 Å². The van der Waals surface area contributed by atoms with E-state index < -0.39 is 50.2 Å². The maximum atomic E-state index is 15.5. The lowest BCUT2D eigenvalue weighted by molar-refractivity contribution is -0.264. The largest absolute Gasteiger partial charge is 0.394 e. The van der Waals surface area contributed by atoms with Gasteiger partial charge in [-0.3, -0.25) is 4.90 Å². The number of hydrogen-bond acceptors (Lipinski definition) is 7. The molecule has 7 nitrogen and oxygen atoms in total. The Kier molecular flexibility index (Phi) is 8.34. The van der Waals surface area contributed by atoms with Gasteiger partial charge in [-0.05, 0) is 34.8 Å². The lowest BCUT2D eigenvalue weighted by atomic mass is 9.87. The quantitative estimate of drug-likeness (QED) is 0.428. The van der Waals surface area contributed by atoms with Crippen molar-refractivity contribution in [2.24, 2.45) is 0 Å². The molecule has 0 aromatic heterocycles. The predicted octanol–water partition coefficient (Wildman–Crippen LogP) is 2.82. The molecule has 0 radical (unpaired) electrons. The van der Waals surface area contributed by atoms with Crippen LogP contribution in [0.5, 0.6) is 0 Å². The summed E-state index contributed by atoms with van der Waals surface area (Å²) in [5.74, 6) is -0.482. The van der Waals surface area contributed by atoms with E-state index in [9.17, 15) is 20.4 Å². The minimum Gasteiger partial charge on any atom is -0.394 e. The zero-order chi connectivity index (χ0) is 28.0. The van der Waals surface area contributed by atoms with Gasteiger partial charge < -0.3 is 29.7 Å². The molecule has 210 valence electrons. The summed E-state index contributed by atoms with van der Waals surface area (Å²) in [4.78, 5) is 1.87. The molecule has 8 heteroatoms. The van der Waals surface area contributed by atoms with E-state index in [0.717, 1.165) is 28.2 Å². The summed E-state index contributed by atoms with van der Waals surface area (Å²) in [5.41, 5.74) is 2.19. The molecule has 4 N–H and O–H groups in total. The molecule has 0 unspecified atom stereocenters. The van der Waals surface area contributed by atoms with Crippen LogP contribution < -0.4 is 10.6 Å². The third-order valence-corrected chi connectivity index (χ3v) is 11.6. The van der Waals surface area contributed by atoms with Crippen molar-refractivity contribution >= 4 is 17.8 Å². The van der Waals surface area contributed by atoms with Gasteiger partial charge in [-0.25, -0.2) is 0 Å². The second-order valence-corrected chi connectivity index (χ2v) is 15.8. The Morgan fingerprint density at radius 3 is 1.71 bits per heavy atom. The number of hydrogen-bond donors (Lipinski definition) is 4. The second-order valence-electron chi connectivity index (χ2n) is 12.8. The fraction of sp³-hybridized carbons (Fsp3) is 0.600. The Hall–Kier alpha value is -1.57. The van der Waals surface area contributed by atoms with Crippen LogP contribution >= 0.6 is 7.14 Å². The third kappa shape index (κ3) is 5.40. The SMILES string of the molecule is CC(C)(C)c1ccc(P(=O)(c2ccc(C(C)(C)C)cc2)[C@@H]2CCCN2[C@@H]2O[C@H](CO)[C@@H](O)[C@H](O)[C@H]2O)cc1. The summed E-state index contributed by atoms with van der Waals surface area (Å²) in [6, 6.07) is 16.0. The van der Waals surface area contributed by atoms with Crippen LogP contribution in [0.15, 0.2) is 48.5 Å². The van der Waals surface area contributed by atoms with Crippen LogP contribution in [0.2, 0.25) is 0 Å². The van der Waals surface area contributed by atoms with Gasteiger partial charge in [-0.1, -0.05) is 90.1 Å². The van der Waals surface area contributed by atoms with Crippen LogP contribution in [-0.2, 0) is 20.1 Å². The molecule has 0 saturated carbocycles. The van der Waals surface area contributed by atoms with Crippen molar-refractivity contribution < 1.29 is 29.7 Å². The van der Waals surface area contributed by atoms with Gasteiger partial charge in [0.2, 0.25) is 0 Å². The van der Waals surface area contributed by atoms with Gasteiger partial charge in [0.1, 0.15) is 30.6 Å². The van der Waals surface area contributed by atoms with E-state index in [0.29, 0.717) is 13.0 Å². The highest BCUT2D eigenvalue weighted by Crippen LogP contribution is 2.55. The number of nitrogens with zero attached hydrogens (tertiary/aromatic N) is 1. The van der Waals surface area contributed by atoms with Crippen LogP contribution in [0.1, 0.15) is 65.5 Å². The summed E-state index contributed by atoms with van der Waals surface area (Å²) in [7, 11) is -3.30. The van der Waals surface area contributed by atoms with Crippen molar-refractivity contribution in [3.05, 3.63) is 59.7 Å².